The molecule has 2 rings (SSSR count). The van der Waals surface area contributed by atoms with Crippen molar-refractivity contribution in [3.63, 3.8) is 0 Å². The minimum atomic E-state index is 0.593. The van der Waals surface area contributed by atoms with Gasteiger partial charge in [0.2, 0.25) is 0 Å². The average Bonchev–Trinajstić information content (AvgIpc) is 2.20. The number of nitrogens with one attached hydrogen (secondary N) is 1. The topological polar surface area (TPSA) is 15.9 Å². The Morgan fingerprint density at radius 3 is 2.69 bits per heavy atom. The average molecular weight is 177 g/mol. The van der Waals surface area contributed by atoms with Crippen molar-refractivity contribution in [1.29, 1.82) is 0 Å². The van der Waals surface area contributed by atoms with Crippen LogP contribution in [0.15, 0.2) is 24.5 Å². The molecule has 2 nitrogen and oxygen atoms in total. The van der Waals surface area contributed by atoms with Gasteiger partial charge in [-0.1, -0.05) is 6.42 Å². The van der Waals surface area contributed by atoms with Crippen LogP contribution in [0.1, 0.15) is 30.9 Å². The summed E-state index contributed by atoms with van der Waals surface area (Å²) >= 11 is 0. The largest absolute Gasteiger partial charge is 0.310 e. The first-order valence-corrected chi connectivity index (χ1v) is 5.05. The van der Waals surface area contributed by atoms with Gasteiger partial charge in [0.25, 0.3) is 0 Å². The van der Waals surface area contributed by atoms with Gasteiger partial charge in [-0.15, -0.1) is 0 Å². The summed E-state index contributed by atoms with van der Waals surface area (Å²) in [5.74, 6) is 0. The predicted molar refractivity (Wildman–Crippen MR) is 52.2 cm³/mol. The van der Waals surface area contributed by atoms with Crippen molar-refractivity contribution in [1.82, 2.24) is 5.32 Å². The lowest BCUT2D eigenvalue weighted by Crippen LogP contribution is -2.30. The summed E-state index contributed by atoms with van der Waals surface area (Å²) in [4.78, 5) is 0. The summed E-state index contributed by atoms with van der Waals surface area (Å²) in [6.45, 7) is 1.17. The van der Waals surface area contributed by atoms with Crippen molar-refractivity contribution in [3.05, 3.63) is 30.1 Å². The quantitative estimate of drug-likeness (QED) is 0.640. The third-order valence-electron chi connectivity index (χ3n) is 2.72. The molecule has 1 atom stereocenters. The molecule has 1 unspecified atom stereocenters. The lowest BCUT2D eigenvalue weighted by Gasteiger charge is -2.23. The first kappa shape index (κ1) is 8.70. The van der Waals surface area contributed by atoms with Gasteiger partial charge in [-0.2, -0.15) is 0 Å². The van der Waals surface area contributed by atoms with E-state index in [1.807, 2.05) is 0 Å². The Labute approximate surface area is 79.6 Å². The van der Waals surface area contributed by atoms with Crippen molar-refractivity contribution in [2.24, 2.45) is 7.05 Å². The van der Waals surface area contributed by atoms with E-state index in [4.69, 9.17) is 0 Å². The Hall–Kier alpha value is -0.890. The van der Waals surface area contributed by atoms with Gasteiger partial charge >= 0.3 is 0 Å². The summed E-state index contributed by atoms with van der Waals surface area (Å²) in [6, 6.07) is 5.02. The van der Waals surface area contributed by atoms with Gasteiger partial charge in [0.15, 0.2) is 12.4 Å². The fourth-order valence-corrected chi connectivity index (χ4v) is 1.88. The number of aromatic nitrogens is 1. The van der Waals surface area contributed by atoms with Crippen molar-refractivity contribution in [2.45, 2.75) is 25.3 Å². The normalized spacial score (nSPS) is 23.0. The number of nitrogens with zero attached hydrogens (tertiary/aromatic N) is 1. The van der Waals surface area contributed by atoms with E-state index in [9.17, 15) is 0 Å². The highest BCUT2D eigenvalue weighted by Gasteiger charge is 2.14. The summed E-state index contributed by atoms with van der Waals surface area (Å²) in [5.41, 5.74) is 1.43. The molecule has 70 valence electrons. The van der Waals surface area contributed by atoms with Crippen molar-refractivity contribution in [3.8, 4) is 0 Å². The van der Waals surface area contributed by atoms with Gasteiger partial charge in [-0.05, 0) is 24.9 Å². The first-order chi connectivity index (χ1) is 6.36. The highest BCUT2D eigenvalue weighted by molar-refractivity contribution is 5.13. The molecule has 1 aromatic heterocycles. The first-order valence-electron chi connectivity index (χ1n) is 5.05. The van der Waals surface area contributed by atoms with Gasteiger partial charge in [0.05, 0.1) is 0 Å². The zero-order valence-corrected chi connectivity index (χ0v) is 8.16. The van der Waals surface area contributed by atoms with Gasteiger partial charge in [-0.3, -0.25) is 0 Å². The molecule has 1 aliphatic rings. The van der Waals surface area contributed by atoms with Crippen LogP contribution in [0.2, 0.25) is 0 Å². The minimum absolute atomic E-state index is 0.593. The summed E-state index contributed by atoms with van der Waals surface area (Å²) in [6.07, 6.45) is 8.21. The molecule has 1 aromatic rings. The van der Waals surface area contributed by atoms with Crippen LogP contribution in [-0.2, 0) is 7.05 Å². The van der Waals surface area contributed by atoms with Crippen LogP contribution in [0.4, 0.5) is 0 Å². The third-order valence-corrected chi connectivity index (χ3v) is 2.72. The molecule has 0 saturated carbocycles. The second-order valence-corrected chi connectivity index (χ2v) is 3.80. The molecular weight excluding hydrogens is 160 g/mol. The highest BCUT2D eigenvalue weighted by atomic mass is 14.9. The zero-order valence-electron chi connectivity index (χ0n) is 8.16. The zero-order chi connectivity index (χ0) is 9.10. The number of hydrogen-bond donors (Lipinski definition) is 1. The molecule has 1 saturated heterocycles. The maximum absolute atomic E-state index is 3.55. The summed E-state index contributed by atoms with van der Waals surface area (Å²) in [5, 5.41) is 3.55. The SMILES string of the molecule is C[n+]1ccc(C2CCCCN2)cc1. The van der Waals surface area contributed by atoms with E-state index in [0.717, 1.165) is 0 Å². The molecule has 13 heavy (non-hydrogen) atoms. The van der Waals surface area contributed by atoms with E-state index in [1.54, 1.807) is 0 Å². The number of piperidine rings is 1. The molecule has 1 aliphatic heterocycles. The fraction of sp³-hybridized carbons (Fsp3) is 0.545. The van der Waals surface area contributed by atoms with Gasteiger partial charge in [-0.25, -0.2) is 4.57 Å². The maximum Gasteiger partial charge on any atom is 0.168 e. The van der Waals surface area contributed by atoms with Crippen molar-refractivity contribution < 1.29 is 4.57 Å². The molecule has 0 amide bonds. The summed E-state index contributed by atoms with van der Waals surface area (Å²) in [7, 11) is 2.05. The number of aryl methyl sites for hydroxylation is 1. The monoisotopic (exact) mass is 177 g/mol. The molecule has 0 spiro atoms. The molecule has 2 heteroatoms. The number of hydrogen-bond acceptors (Lipinski definition) is 1. The van der Waals surface area contributed by atoms with Crippen LogP contribution in [-0.4, -0.2) is 6.54 Å². The standard InChI is InChI=1S/C11H17N2/c1-13-8-5-10(6-9-13)11-4-2-3-7-12-11/h5-6,8-9,11-12H,2-4,7H2,1H3/q+1. The van der Waals surface area contributed by atoms with E-state index in [0.29, 0.717) is 6.04 Å². The lowest BCUT2D eigenvalue weighted by atomic mass is 9.99. The lowest BCUT2D eigenvalue weighted by molar-refractivity contribution is -0.671. The van der Waals surface area contributed by atoms with E-state index in [-0.39, 0.29) is 0 Å². The van der Waals surface area contributed by atoms with Gasteiger partial charge in [0.1, 0.15) is 7.05 Å². The fourth-order valence-electron chi connectivity index (χ4n) is 1.88. The van der Waals surface area contributed by atoms with Gasteiger partial charge in [0, 0.05) is 18.2 Å². The van der Waals surface area contributed by atoms with Crippen LogP contribution >= 0.6 is 0 Å². The Morgan fingerprint density at radius 1 is 1.31 bits per heavy atom. The Morgan fingerprint density at radius 2 is 2.08 bits per heavy atom. The third kappa shape index (κ3) is 2.07. The van der Waals surface area contributed by atoms with Crippen LogP contribution in [0.5, 0.6) is 0 Å². The second-order valence-electron chi connectivity index (χ2n) is 3.80. The Balaban J connectivity index is 2.10. The molecular formula is C11H17N2+. The summed E-state index contributed by atoms with van der Waals surface area (Å²) < 4.78 is 2.08. The molecule has 0 radical (unpaired) electrons. The van der Waals surface area contributed by atoms with E-state index >= 15 is 0 Å². The van der Waals surface area contributed by atoms with Crippen molar-refractivity contribution in [2.75, 3.05) is 6.54 Å². The Bertz CT molecular complexity index is 260. The van der Waals surface area contributed by atoms with Crippen LogP contribution in [0, 0.1) is 0 Å². The minimum Gasteiger partial charge on any atom is -0.310 e. The molecule has 0 bridgehead atoms. The van der Waals surface area contributed by atoms with E-state index < -0.39 is 0 Å². The molecule has 0 aromatic carbocycles. The molecule has 0 aliphatic carbocycles. The van der Waals surface area contributed by atoms with Gasteiger partial charge < -0.3 is 5.32 Å². The van der Waals surface area contributed by atoms with E-state index in [1.165, 1.54) is 31.4 Å². The van der Waals surface area contributed by atoms with Crippen LogP contribution < -0.4 is 9.88 Å². The second kappa shape index (κ2) is 3.88. The smallest absolute Gasteiger partial charge is 0.168 e. The highest BCUT2D eigenvalue weighted by Crippen LogP contribution is 2.21. The predicted octanol–water partition coefficient (Wildman–Crippen LogP) is 1.33. The number of pyridine rings is 1. The number of rotatable bonds is 1. The molecule has 2 heterocycles. The molecule has 1 fully saturated rings. The molecule has 1 N–H and O–H groups in total. The van der Waals surface area contributed by atoms with Crippen LogP contribution in [0.3, 0.4) is 0 Å². The maximum atomic E-state index is 3.55. The van der Waals surface area contributed by atoms with E-state index in [2.05, 4.69) is 41.5 Å². The van der Waals surface area contributed by atoms with Crippen molar-refractivity contribution >= 4 is 0 Å². The Kier molecular flexibility index (Phi) is 2.60. The van der Waals surface area contributed by atoms with Crippen LogP contribution in [0.25, 0.3) is 0 Å².